The van der Waals surface area contributed by atoms with E-state index in [4.69, 9.17) is 4.74 Å². The molecule has 152 valence electrons. The van der Waals surface area contributed by atoms with Gasteiger partial charge in [0.05, 0.1) is 6.04 Å². The van der Waals surface area contributed by atoms with Gasteiger partial charge in [0, 0.05) is 24.3 Å². The molecular weight excluding hydrogens is 378 g/mol. The molecular formula is C24H23N3O3. The molecule has 0 aromatic heterocycles. The molecule has 1 aliphatic rings. The third kappa shape index (κ3) is 4.60. The minimum atomic E-state index is -0.187. The molecule has 6 nitrogen and oxygen atoms in total. The van der Waals surface area contributed by atoms with E-state index in [9.17, 15) is 9.59 Å². The Balaban J connectivity index is 1.24. The van der Waals surface area contributed by atoms with Crippen molar-refractivity contribution in [1.29, 1.82) is 0 Å². The second-order valence-corrected chi connectivity index (χ2v) is 7.26. The number of para-hydroxylation sites is 1. The second-order valence-electron chi connectivity index (χ2n) is 7.26. The number of ether oxygens (including phenoxy) is 1. The molecule has 0 spiro atoms. The van der Waals surface area contributed by atoms with E-state index in [0.29, 0.717) is 30.1 Å². The maximum absolute atomic E-state index is 12.4. The number of hydrogen-bond donors (Lipinski definition) is 2. The molecule has 0 bridgehead atoms. The van der Waals surface area contributed by atoms with Crippen LogP contribution in [0.15, 0.2) is 78.9 Å². The van der Waals surface area contributed by atoms with Crippen LogP contribution in [-0.2, 0) is 0 Å². The Morgan fingerprint density at radius 3 is 2.20 bits per heavy atom. The summed E-state index contributed by atoms with van der Waals surface area (Å²) in [5, 5.41) is 5.84. The number of urea groups is 1. The molecule has 1 heterocycles. The van der Waals surface area contributed by atoms with Crippen molar-refractivity contribution in [2.45, 2.75) is 13.0 Å². The monoisotopic (exact) mass is 401 g/mol. The van der Waals surface area contributed by atoms with E-state index in [-0.39, 0.29) is 18.0 Å². The summed E-state index contributed by atoms with van der Waals surface area (Å²) in [6.45, 7) is 2.88. The zero-order chi connectivity index (χ0) is 20.9. The van der Waals surface area contributed by atoms with Crippen LogP contribution in [0.2, 0.25) is 0 Å². The van der Waals surface area contributed by atoms with Crippen LogP contribution in [0.5, 0.6) is 11.5 Å². The van der Waals surface area contributed by atoms with E-state index in [1.807, 2.05) is 67.6 Å². The number of hydrogen-bond acceptors (Lipinski definition) is 3. The first-order valence-electron chi connectivity index (χ1n) is 9.84. The average Bonchev–Trinajstić information content (AvgIpc) is 2.72. The number of carbonyl (C=O) groups is 2. The van der Waals surface area contributed by atoms with Crippen molar-refractivity contribution in [2.75, 3.05) is 18.4 Å². The summed E-state index contributed by atoms with van der Waals surface area (Å²) < 4.78 is 5.75. The summed E-state index contributed by atoms with van der Waals surface area (Å²) in [5.41, 5.74) is 2.29. The summed E-state index contributed by atoms with van der Waals surface area (Å²) in [5.74, 6) is 1.35. The highest BCUT2D eigenvalue weighted by molar-refractivity contribution is 5.96. The average molecular weight is 401 g/mol. The van der Waals surface area contributed by atoms with Crippen molar-refractivity contribution in [3.05, 3.63) is 90.0 Å². The quantitative estimate of drug-likeness (QED) is 0.664. The van der Waals surface area contributed by atoms with Crippen molar-refractivity contribution in [2.24, 2.45) is 0 Å². The highest BCUT2D eigenvalue weighted by Gasteiger charge is 2.32. The molecule has 1 saturated heterocycles. The molecule has 3 amide bonds. The van der Waals surface area contributed by atoms with E-state index >= 15 is 0 Å². The summed E-state index contributed by atoms with van der Waals surface area (Å²) >= 11 is 0. The maximum atomic E-state index is 12.4. The molecule has 1 fully saturated rings. The van der Waals surface area contributed by atoms with Gasteiger partial charge in [-0.15, -0.1) is 0 Å². The molecule has 4 rings (SSSR count). The number of likely N-dealkylation sites (tertiary alicyclic amines) is 1. The minimum absolute atomic E-state index is 0.0375. The van der Waals surface area contributed by atoms with Gasteiger partial charge in [-0.3, -0.25) is 4.79 Å². The molecule has 0 aliphatic carbocycles. The zero-order valence-corrected chi connectivity index (χ0v) is 16.7. The fraction of sp³-hybridized carbons (Fsp3) is 0.167. The Kier molecular flexibility index (Phi) is 5.66. The van der Waals surface area contributed by atoms with Crippen molar-refractivity contribution in [1.82, 2.24) is 10.2 Å². The van der Waals surface area contributed by atoms with Crippen molar-refractivity contribution < 1.29 is 14.3 Å². The first kappa shape index (κ1) is 19.5. The molecule has 2 N–H and O–H groups in total. The van der Waals surface area contributed by atoms with Crippen molar-refractivity contribution in [3.8, 4) is 11.5 Å². The molecule has 1 aliphatic heterocycles. The number of aryl methyl sites for hydroxylation is 1. The molecule has 3 aromatic carbocycles. The van der Waals surface area contributed by atoms with Gasteiger partial charge >= 0.3 is 6.03 Å². The van der Waals surface area contributed by atoms with Gasteiger partial charge in [-0.25, -0.2) is 4.79 Å². The second kappa shape index (κ2) is 8.69. The number of nitrogens with zero attached hydrogens (tertiary/aromatic N) is 1. The Morgan fingerprint density at radius 1 is 0.867 bits per heavy atom. The topological polar surface area (TPSA) is 70.7 Å². The number of benzene rings is 3. The van der Waals surface area contributed by atoms with Gasteiger partial charge < -0.3 is 20.3 Å². The van der Waals surface area contributed by atoms with Gasteiger partial charge in [0.2, 0.25) is 0 Å². The van der Waals surface area contributed by atoms with Gasteiger partial charge in [-0.05, 0) is 55.0 Å². The molecule has 6 heteroatoms. The standard InChI is InChI=1S/C24H23N3O3/c1-17-7-5-6-10-22(17)23(28)25-19-15-27(16-19)24(29)26-18-11-13-21(14-12-18)30-20-8-3-2-4-9-20/h2-14,19H,15-16H2,1H3,(H,25,28)(H,26,29). The van der Waals surface area contributed by atoms with Gasteiger partial charge in [-0.1, -0.05) is 36.4 Å². The molecule has 0 atom stereocenters. The van der Waals surface area contributed by atoms with Crippen LogP contribution in [0, 0.1) is 6.92 Å². The Bertz CT molecular complexity index is 1030. The van der Waals surface area contributed by atoms with E-state index in [1.54, 1.807) is 23.1 Å². The Hall–Kier alpha value is -3.80. The first-order chi connectivity index (χ1) is 14.6. The number of anilines is 1. The number of rotatable bonds is 5. The Morgan fingerprint density at radius 2 is 1.50 bits per heavy atom. The summed E-state index contributed by atoms with van der Waals surface area (Å²) in [6.07, 6.45) is 0. The maximum Gasteiger partial charge on any atom is 0.321 e. The molecule has 0 saturated carbocycles. The number of amides is 3. The van der Waals surface area contributed by atoms with Crippen LogP contribution in [0.3, 0.4) is 0 Å². The smallest absolute Gasteiger partial charge is 0.321 e. The van der Waals surface area contributed by atoms with Crippen LogP contribution in [0.25, 0.3) is 0 Å². The largest absolute Gasteiger partial charge is 0.457 e. The Labute approximate surface area is 175 Å². The summed E-state index contributed by atoms with van der Waals surface area (Å²) in [7, 11) is 0. The lowest BCUT2D eigenvalue weighted by molar-refractivity contribution is 0.0863. The van der Waals surface area contributed by atoms with Crippen molar-refractivity contribution in [3.63, 3.8) is 0 Å². The molecule has 30 heavy (non-hydrogen) atoms. The highest BCUT2D eigenvalue weighted by atomic mass is 16.5. The third-order valence-electron chi connectivity index (χ3n) is 4.98. The normalized spacial score (nSPS) is 13.3. The molecule has 0 radical (unpaired) electrons. The number of nitrogens with one attached hydrogen (secondary N) is 2. The van der Waals surface area contributed by atoms with Gasteiger partial charge in [0.15, 0.2) is 0 Å². The fourth-order valence-electron chi connectivity index (χ4n) is 3.26. The lowest BCUT2D eigenvalue weighted by atomic mass is 10.1. The first-order valence-corrected chi connectivity index (χ1v) is 9.84. The lowest BCUT2D eigenvalue weighted by Gasteiger charge is -2.39. The SMILES string of the molecule is Cc1ccccc1C(=O)NC1CN(C(=O)Nc2ccc(Oc3ccccc3)cc2)C1. The van der Waals surface area contributed by atoms with Crippen LogP contribution < -0.4 is 15.4 Å². The number of carbonyl (C=O) groups excluding carboxylic acids is 2. The van der Waals surface area contributed by atoms with Gasteiger partial charge in [0.25, 0.3) is 5.91 Å². The predicted octanol–water partition coefficient (Wildman–Crippen LogP) is 4.43. The van der Waals surface area contributed by atoms with Gasteiger partial charge in [-0.2, -0.15) is 0 Å². The zero-order valence-electron chi connectivity index (χ0n) is 16.7. The predicted molar refractivity (Wildman–Crippen MR) is 116 cm³/mol. The summed E-state index contributed by atoms with van der Waals surface area (Å²) in [6, 6.07) is 24.0. The van der Waals surface area contributed by atoms with Crippen LogP contribution in [0.4, 0.5) is 10.5 Å². The van der Waals surface area contributed by atoms with E-state index in [1.165, 1.54) is 0 Å². The molecule has 0 unspecified atom stereocenters. The van der Waals surface area contributed by atoms with Gasteiger partial charge in [0.1, 0.15) is 11.5 Å². The fourth-order valence-corrected chi connectivity index (χ4v) is 3.26. The summed E-state index contributed by atoms with van der Waals surface area (Å²) in [4.78, 5) is 26.4. The van der Waals surface area contributed by atoms with Crippen LogP contribution >= 0.6 is 0 Å². The van der Waals surface area contributed by atoms with Crippen molar-refractivity contribution >= 4 is 17.6 Å². The van der Waals surface area contributed by atoms with E-state index in [2.05, 4.69) is 10.6 Å². The van der Waals surface area contributed by atoms with E-state index in [0.717, 1.165) is 11.3 Å². The molecule has 3 aromatic rings. The third-order valence-corrected chi connectivity index (χ3v) is 4.98. The highest BCUT2D eigenvalue weighted by Crippen LogP contribution is 2.23. The van der Waals surface area contributed by atoms with Crippen LogP contribution in [-0.4, -0.2) is 36.0 Å². The lowest BCUT2D eigenvalue weighted by Crippen LogP contribution is -2.61. The minimum Gasteiger partial charge on any atom is -0.457 e. The van der Waals surface area contributed by atoms with Crippen LogP contribution in [0.1, 0.15) is 15.9 Å². The van der Waals surface area contributed by atoms with E-state index < -0.39 is 0 Å².